The number of alkyl halides is 3. The minimum Gasteiger partial charge on any atom is -0.338 e. The molecule has 0 spiro atoms. The Morgan fingerprint density at radius 3 is 2.65 bits per heavy atom. The number of hydrogen-bond acceptors (Lipinski definition) is 1. The predicted octanol–water partition coefficient (Wildman–Crippen LogP) is 3.38. The average Bonchev–Trinajstić information content (AvgIpc) is 2.71. The summed E-state index contributed by atoms with van der Waals surface area (Å²) in [5.74, 6) is -1.33. The van der Waals surface area contributed by atoms with Crippen molar-refractivity contribution in [2.45, 2.75) is 19.1 Å². The van der Waals surface area contributed by atoms with Crippen LogP contribution in [0.1, 0.15) is 17.5 Å². The fourth-order valence-corrected chi connectivity index (χ4v) is 2.29. The van der Waals surface area contributed by atoms with Crippen molar-refractivity contribution in [2.24, 2.45) is 5.92 Å². The average molecular weight is 287 g/mol. The van der Waals surface area contributed by atoms with Crippen LogP contribution in [0, 0.1) is 11.7 Å². The van der Waals surface area contributed by atoms with E-state index in [0.717, 1.165) is 18.2 Å². The highest BCUT2D eigenvalue weighted by Crippen LogP contribution is 2.34. The van der Waals surface area contributed by atoms with Crippen molar-refractivity contribution in [3.63, 3.8) is 0 Å². The Kier molecular flexibility index (Phi) is 3.83. The van der Waals surface area contributed by atoms with Crippen molar-refractivity contribution in [3.8, 4) is 0 Å². The molecule has 1 aliphatic rings. The highest BCUT2D eigenvalue weighted by atomic mass is 19.4. The molecule has 1 unspecified atom stereocenters. The minimum absolute atomic E-state index is 0.0939. The van der Waals surface area contributed by atoms with Crippen LogP contribution in [0.2, 0.25) is 0 Å². The van der Waals surface area contributed by atoms with E-state index in [9.17, 15) is 22.4 Å². The summed E-state index contributed by atoms with van der Waals surface area (Å²) in [5, 5.41) is 0. The summed E-state index contributed by atoms with van der Waals surface area (Å²) in [6.45, 7) is 3.46. The molecule has 0 saturated carbocycles. The van der Waals surface area contributed by atoms with E-state index in [2.05, 4.69) is 6.58 Å². The first kappa shape index (κ1) is 14.6. The van der Waals surface area contributed by atoms with E-state index < -0.39 is 23.1 Å². The van der Waals surface area contributed by atoms with Gasteiger partial charge in [0.1, 0.15) is 5.82 Å². The summed E-state index contributed by atoms with van der Waals surface area (Å²) < 4.78 is 52.2. The van der Waals surface area contributed by atoms with Crippen LogP contribution < -0.4 is 0 Å². The summed E-state index contributed by atoms with van der Waals surface area (Å²) in [5.41, 5.74) is -1.52. The van der Waals surface area contributed by atoms with Crippen molar-refractivity contribution >= 4 is 5.91 Å². The Balaban J connectivity index is 2.30. The van der Waals surface area contributed by atoms with E-state index in [1.165, 1.54) is 4.90 Å². The predicted molar refractivity (Wildman–Crippen MR) is 65.1 cm³/mol. The zero-order chi connectivity index (χ0) is 14.9. The van der Waals surface area contributed by atoms with Gasteiger partial charge in [-0.05, 0) is 12.1 Å². The van der Waals surface area contributed by atoms with Gasteiger partial charge in [-0.2, -0.15) is 13.2 Å². The highest BCUT2D eigenvalue weighted by Gasteiger charge is 2.36. The smallest absolute Gasteiger partial charge is 0.338 e. The number of hydrogen-bond donors (Lipinski definition) is 0. The van der Waals surface area contributed by atoms with E-state index in [4.69, 9.17) is 0 Å². The van der Waals surface area contributed by atoms with E-state index in [-0.39, 0.29) is 31.3 Å². The first-order valence-electron chi connectivity index (χ1n) is 6.08. The SMILES string of the molecule is C=CC1CC(=O)N(Cc2c(F)cccc2C(F)(F)F)C1. The third-order valence-electron chi connectivity index (χ3n) is 3.35. The number of benzene rings is 1. The first-order chi connectivity index (χ1) is 9.32. The Bertz CT molecular complexity index is 538. The molecule has 0 bridgehead atoms. The van der Waals surface area contributed by atoms with Gasteiger partial charge < -0.3 is 4.90 Å². The largest absolute Gasteiger partial charge is 0.416 e. The lowest BCUT2D eigenvalue weighted by Crippen LogP contribution is -2.26. The van der Waals surface area contributed by atoms with Crippen LogP contribution in [0.4, 0.5) is 17.6 Å². The number of carbonyl (C=O) groups is 1. The third kappa shape index (κ3) is 2.84. The van der Waals surface area contributed by atoms with Crippen molar-refractivity contribution in [1.29, 1.82) is 0 Å². The van der Waals surface area contributed by atoms with Crippen LogP contribution in [0.3, 0.4) is 0 Å². The number of halogens is 4. The second kappa shape index (κ2) is 5.26. The molecule has 2 rings (SSSR count). The molecule has 1 fully saturated rings. The minimum atomic E-state index is -4.64. The van der Waals surface area contributed by atoms with Gasteiger partial charge in [0.25, 0.3) is 0 Å². The summed E-state index contributed by atoms with van der Waals surface area (Å²) >= 11 is 0. The van der Waals surface area contributed by atoms with Gasteiger partial charge in [0.2, 0.25) is 5.91 Å². The Morgan fingerprint density at radius 2 is 2.10 bits per heavy atom. The second-order valence-corrected chi connectivity index (χ2v) is 4.74. The zero-order valence-corrected chi connectivity index (χ0v) is 10.6. The molecule has 108 valence electrons. The quantitative estimate of drug-likeness (QED) is 0.616. The molecule has 20 heavy (non-hydrogen) atoms. The molecular formula is C14H13F4NO. The maximum atomic E-state index is 13.7. The lowest BCUT2D eigenvalue weighted by Gasteiger charge is -2.20. The van der Waals surface area contributed by atoms with Crippen LogP contribution in [-0.4, -0.2) is 17.4 Å². The summed E-state index contributed by atoms with van der Waals surface area (Å²) in [4.78, 5) is 12.9. The Hall–Kier alpha value is -1.85. The molecule has 1 aromatic carbocycles. The third-order valence-corrected chi connectivity index (χ3v) is 3.35. The van der Waals surface area contributed by atoms with Gasteiger partial charge in [-0.15, -0.1) is 6.58 Å². The molecular weight excluding hydrogens is 274 g/mol. The summed E-state index contributed by atoms with van der Waals surface area (Å²) in [6.07, 6.45) is -2.85. The van der Waals surface area contributed by atoms with Crippen molar-refractivity contribution < 1.29 is 22.4 Å². The highest BCUT2D eigenvalue weighted by molar-refractivity contribution is 5.79. The molecule has 1 aliphatic heterocycles. The topological polar surface area (TPSA) is 20.3 Å². The summed E-state index contributed by atoms with van der Waals surface area (Å²) in [7, 11) is 0. The van der Waals surface area contributed by atoms with E-state index in [0.29, 0.717) is 0 Å². The maximum Gasteiger partial charge on any atom is 0.416 e. The second-order valence-electron chi connectivity index (χ2n) is 4.74. The van der Waals surface area contributed by atoms with Gasteiger partial charge in [0, 0.05) is 31.0 Å². The number of nitrogens with zero attached hydrogens (tertiary/aromatic N) is 1. The summed E-state index contributed by atoms with van der Waals surface area (Å²) in [6, 6.07) is 2.81. The normalized spacial score (nSPS) is 19.5. The number of carbonyl (C=O) groups excluding carboxylic acids is 1. The van der Waals surface area contributed by atoms with Gasteiger partial charge in [0.05, 0.1) is 5.56 Å². The maximum absolute atomic E-state index is 13.7. The molecule has 1 saturated heterocycles. The van der Waals surface area contributed by atoms with E-state index in [1.807, 2.05) is 0 Å². The lowest BCUT2D eigenvalue weighted by atomic mass is 10.1. The van der Waals surface area contributed by atoms with Crippen LogP contribution in [0.15, 0.2) is 30.9 Å². The standard InChI is InChI=1S/C14H13F4NO/c1-2-9-6-13(20)19(7-9)8-10-11(14(16,17)18)4-3-5-12(10)15/h2-5,9H,1,6-8H2. The molecule has 1 heterocycles. The molecule has 6 heteroatoms. The molecule has 1 aromatic rings. The van der Waals surface area contributed by atoms with Gasteiger partial charge >= 0.3 is 6.18 Å². The zero-order valence-electron chi connectivity index (χ0n) is 10.6. The molecule has 0 N–H and O–H groups in total. The fourth-order valence-electron chi connectivity index (χ4n) is 2.29. The van der Waals surface area contributed by atoms with Gasteiger partial charge in [-0.1, -0.05) is 12.1 Å². The number of likely N-dealkylation sites (tertiary alicyclic amines) is 1. The van der Waals surface area contributed by atoms with Crippen LogP contribution >= 0.6 is 0 Å². The lowest BCUT2D eigenvalue weighted by molar-refractivity contribution is -0.139. The molecule has 1 atom stereocenters. The van der Waals surface area contributed by atoms with Crippen LogP contribution in [0.5, 0.6) is 0 Å². The van der Waals surface area contributed by atoms with Crippen molar-refractivity contribution in [3.05, 3.63) is 47.8 Å². The van der Waals surface area contributed by atoms with Crippen LogP contribution in [0.25, 0.3) is 0 Å². The monoisotopic (exact) mass is 287 g/mol. The van der Waals surface area contributed by atoms with Crippen molar-refractivity contribution in [2.75, 3.05) is 6.54 Å². The number of rotatable bonds is 3. The molecule has 0 aromatic heterocycles. The van der Waals surface area contributed by atoms with E-state index >= 15 is 0 Å². The van der Waals surface area contributed by atoms with Gasteiger partial charge in [0.15, 0.2) is 0 Å². The van der Waals surface area contributed by atoms with Gasteiger partial charge in [-0.3, -0.25) is 4.79 Å². The molecule has 0 radical (unpaired) electrons. The van der Waals surface area contributed by atoms with Gasteiger partial charge in [-0.25, -0.2) is 4.39 Å². The molecule has 0 aliphatic carbocycles. The fraction of sp³-hybridized carbons (Fsp3) is 0.357. The Labute approximate surface area is 113 Å². The van der Waals surface area contributed by atoms with E-state index in [1.54, 1.807) is 6.08 Å². The van der Waals surface area contributed by atoms with Crippen molar-refractivity contribution in [1.82, 2.24) is 4.90 Å². The number of amides is 1. The van der Waals surface area contributed by atoms with Crippen LogP contribution in [-0.2, 0) is 17.5 Å². The Morgan fingerprint density at radius 1 is 1.40 bits per heavy atom. The molecule has 2 nitrogen and oxygen atoms in total. The molecule has 1 amide bonds. The first-order valence-corrected chi connectivity index (χ1v) is 6.08.